The van der Waals surface area contributed by atoms with Crippen LogP contribution >= 0.6 is 0 Å². The van der Waals surface area contributed by atoms with E-state index in [1.807, 2.05) is 12.3 Å². The molecule has 0 atom stereocenters. The number of hydrogen-bond donors (Lipinski definition) is 0. The third-order valence-electron chi connectivity index (χ3n) is 5.05. The molecule has 2 heteroatoms. The van der Waals surface area contributed by atoms with Crippen molar-refractivity contribution in [1.29, 1.82) is 0 Å². The third-order valence-corrected chi connectivity index (χ3v) is 5.05. The highest BCUT2D eigenvalue weighted by Crippen LogP contribution is 2.28. The molecule has 2 nitrogen and oxygen atoms in total. The minimum atomic E-state index is 0.981. The van der Waals surface area contributed by atoms with Gasteiger partial charge in [0.05, 0.1) is 17.1 Å². The minimum Gasteiger partial charge on any atom is -0.256 e. The van der Waals surface area contributed by atoms with E-state index in [0.717, 1.165) is 46.6 Å². The maximum atomic E-state index is 4.97. The van der Waals surface area contributed by atoms with Gasteiger partial charge in [0.15, 0.2) is 0 Å². The van der Waals surface area contributed by atoms with Gasteiger partial charge in [0, 0.05) is 22.9 Å². The molecule has 4 aromatic rings. The molecule has 138 valence electrons. The standard InChI is InChI=1S/C26H24N2/c1-3-19-13-14-27-24(15-19)22-11-8-12-23(18-22)26-17-20(4-2)16-25(28-26)21-9-6-5-7-10-21/h5-18H,3-4H2,1-2H3. The molecule has 0 fully saturated rings. The van der Waals surface area contributed by atoms with E-state index in [9.17, 15) is 0 Å². The predicted octanol–water partition coefficient (Wildman–Crippen LogP) is 6.60. The van der Waals surface area contributed by atoms with E-state index in [4.69, 9.17) is 4.98 Å². The number of pyridine rings is 2. The van der Waals surface area contributed by atoms with Gasteiger partial charge in [-0.15, -0.1) is 0 Å². The van der Waals surface area contributed by atoms with Crippen LogP contribution in [0.1, 0.15) is 25.0 Å². The molecule has 0 saturated heterocycles. The van der Waals surface area contributed by atoms with Gasteiger partial charge in [-0.3, -0.25) is 4.98 Å². The number of aryl methyl sites for hydroxylation is 2. The highest BCUT2D eigenvalue weighted by atomic mass is 14.7. The van der Waals surface area contributed by atoms with E-state index in [0.29, 0.717) is 0 Å². The zero-order chi connectivity index (χ0) is 19.3. The summed E-state index contributed by atoms with van der Waals surface area (Å²) in [5.74, 6) is 0. The summed E-state index contributed by atoms with van der Waals surface area (Å²) in [6.07, 6.45) is 3.88. The van der Waals surface area contributed by atoms with Crippen LogP contribution in [0.5, 0.6) is 0 Å². The van der Waals surface area contributed by atoms with Crippen LogP contribution in [0.25, 0.3) is 33.8 Å². The fourth-order valence-corrected chi connectivity index (χ4v) is 3.39. The molecule has 0 unspecified atom stereocenters. The first-order chi connectivity index (χ1) is 13.8. The molecule has 28 heavy (non-hydrogen) atoms. The SMILES string of the molecule is CCc1ccnc(-c2cccc(-c3cc(CC)cc(-c4ccccc4)n3)c2)c1. The highest BCUT2D eigenvalue weighted by molar-refractivity contribution is 5.72. The van der Waals surface area contributed by atoms with Crippen LogP contribution < -0.4 is 0 Å². The zero-order valence-electron chi connectivity index (χ0n) is 16.4. The molecular formula is C26H24N2. The number of nitrogens with zero attached hydrogens (tertiary/aromatic N) is 2. The van der Waals surface area contributed by atoms with Crippen LogP contribution in [-0.2, 0) is 12.8 Å². The average molecular weight is 364 g/mol. The molecule has 0 spiro atoms. The van der Waals surface area contributed by atoms with Gasteiger partial charge in [-0.25, -0.2) is 4.98 Å². The molecule has 4 rings (SSSR count). The Morgan fingerprint density at radius 1 is 0.571 bits per heavy atom. The molecule has 0 aliphatic heterocycles. The third kappa shape index (κ3) is 3.86. The van der Waals surface area contributed by atoms with Gasteiger partial charge in [0.1, 0.15) is 0 Å². The summed E-state index contributed by atoms with van der Waals surface area (Å²) >= 11 is 0. The first kappa shape index (κ1) is 18.1. The fraction of sp³-hybridized carbons (Fsp3) is 0.154. The van der Waals surface area contributed by atoms with Crippen molar-refractivity contribution in [3.63, 3.8) is 0 Å². The number of benzene rings is 2. The Morgan fingerprint density at radius 2 is 1.18 bits per heavy atom. The van der Waals surface area contributed by atoms with E-state index in [-0.39, 0.29) is 0 Å². The lowest BCUT2D eigenvalue weighted by molar-refractivity contribution is 1.12. The lowest BCUT2D eigenvalue weighted by Gasteiger charge is -2.10. The Labute approximate surface area is 167 Å². The normalized spacial score (nSPS) is 10.8. The minimum absolute atomic E-state index is 0.981. The van der Waals surface area contributed by atoms with Gasteiger partial charge in [-0.05, 0) is 54.3 Å². The molecule has 2 heterocycles. The Hall–Kier alpha value is -3.26. The zero-order valence-corrected chi connectivity index (χ0v) is 16.4. The van der Waals surface area contributed by atoms with Crippen molar-refractivity contribution in [1.82, 2.24) is 9.97 Å². The van der Waals surface area contributed by atoms with Crippen molar-refractivity contribution in [2.75, 3.05) is 0 Å². The van der Waals surface area contributed by atoms with Gasteiger partial charge in [-0.1, -0.05) is 62.4 Å². The van der Waals surface area contributed by atoms with Crippen LogP contribution in [0.4, 0.5) is 0 Å². The molecule has 0 N–H and O–H groups in total. The molecule has 0 saturated carbocycles. The molecule has 2 aromatic carbocycles. The summed E-state index contributed by atoms with van der Waals surface area (Å²) in [5, 5.41) is 0. The van der Waals surface area contributed by atoms with Crippen LogP contribution in [0.3, 0.4) is 0 Å². The summed E-state index contributed by atoms with van der Waals surface area (Å²) in [6.45, 7) is 4.35. The van der Waals surface area contributed by atoms with Crippen molar-refractivity contribution in [2.24, 2.45) is 0 Å². The monoisotopic (exact) mass is 364 g/mol. The van der Waals surface area contributed by atoms with Crippen molar-refractivity contribution in [3.05, 3.63) is 96.2 Å². The molecule has 0 bridgehead atoms. The second-order valence-corrected chi connectivity index (χ2v) is 6.95. The molecule has 0 aliphatic rings. The van der Waals surface area contributed by atoms with Gasteiger partial charge in [-0.2, -0.15) is 0 Å². The predicted molar refractivity (Wildman–Crippen MR) is 117 cm³/mol. The Kier molecular flexibility index (Phi) is 5.29. The lowest BCUT2D eigenvalue weighted by Crippen LogP contribution is -1.93. The van der Waals surface area contributed by atoms with Crippen LogP contribution in [-0.4, -0.2) is 9.97 Å². The number of hydrogen-bond acceptors (Lipinski definition) is 2. The van der Waals surface area contributed by atoms with E-state index in [2.05, 4.69) is 91.6 Å². The van der Waals surface area contributed by atoms with Gasteiger partial charge < -0.3 is 0 Å². The van der Waals surface area contributed by atoms with E-state index in [1.165, 1.54) is 11.1 Å². The van der Waals surface area contributed by atoms with Crippen molar-refractivity contribution in [3.8, 4) is 33.8 Å². The number of aromatic nitrogens is 2. The largest absolute Gasteiger partial charge is 0.256 e. The summed E-state index contributed by atoms with van der Waals surface area (Å²) in [4.78, 5) is 9.54. The van der Waals surface area contributed by atoms with Crippen molar-refractivity contribution < 1.29 is 0 Å². The first-order valence-corrected chi connectivity index (χ1v) is 9.89. The summed E-state index contributed by atoms with van der Waals surface area (Å²) < 4.78 is 0. The first-order valence-electron chi connectivity index (χ1n) is 9.89. The van der Waals surface area contributed by atoms with E-state index < -0.39 is 0 Å². The van der Waals surface area contributed by atoms with Gasteiger partial charge in [0.25, 0.3) is 0 Å². The Morgan fingerprint density at radius 3 is 1.89 bits per heavy atom. The smallest absolute Gasteiger partial charge is 0.0712 e. The molecule has 0 aliphatic carbocycles. The van der Waals surface area contributed by atoms with E-state index in [1.54, 1.807) is 0 Å². The second kappa shape index (κ2) is 8.18. The quantitative estimate of drug-likeness (QED) is 0.398. The maximum absolute atomic E-state index is 4.97. The fourth-order valence-electron chi connectivity index (χ4n) is 3.39. The van der Waals surface area contributed by atoms with Crippen LogP contribution in [0.2, 0.25) is 0 Å². The van der Waals surface area contributed by atoms with Crippen molar-refractivity contribution >= 4 is 0 Å². The topological polar surface area (TPSA) is 25.8 Å². The second-order valence-electron chi connectivity index (χ2n) is 6.95. The van der Waals surface area contributed by atoms with Gasteiger partial charge >= 0.3 is 0 Å². The van der Waals surface area contributed by atoms with Crippen LogP contribution in [0, 0.1) is 0 Å². The average Bonchev–Trinajstić information content (AvgIpc) is 2.79. The lowest BCUT2D eigenvalue weighted by atomic mass is 10.0. The Balaban J connectivity index is 1.79. The summed E-state index contributed by atoms with van der Waals surface area (Å²) in [6, 6.07) is 27.5. The Bertz CT molecular complexity index is 1080. The van der Waals surface area contributed by atoms with Gasteiger partial charge in [0.2, 0.25) is 0 Å². The maximum Gasteiger partial charge on any atom is 0.0712 e. The highest BCUT2D eigenvalue weighted by Gasteiger charge is 2.08. The molecular weight excluding hydrogens is 340 g/mol. The molecule has 0 amide bonds. The van der Waals surface area contributed by atoms with Crippen molar-refractivity contribution in [2.45, 2.75) is 26.7 Å². The summed E-state index contributed by atoms with van der Waals surface area (Å²) in [7, 11) is 0. The van der Waals surface area contributed by atoms with Crippen LogP contribution in [0.15, 0.2) is 85.1 Å². The molecule has 2 aromatic heterocycles. The number of rotatable bonds is 5. The molecule has 0 radical (unpaired) electrons. The van der Waals surface area contributed by atoms with E-state index >= 15 is 0 Å². The summed E-state index contributed by atoms with van der Waals surface area (Å²) in [5.41, 5.74) is 9.02.